The van der Waals surface area contributed by atoms with Crippen molar-refractivity contribution >= 4 is 23.2 Å². The second kappa shape index (κ2) is 6.74. The van der Waals surface area contributed by atoms with Gasteiger partial charge in [0.25, 0.3) is 5.91 Å². The summed E-state index contributed by atoms with van der Waals surface area (Å²) in [5, 5.41) is 5.56. The van der Waals surface area contributed by atoms with Crippen LogP contribution in [-0.2, 0) is 9.59 Å². The van der Waals surface area contributed by atoms with Gasteiger partial charge in [-0.15, -0.1) is 0 Å². The van der Waals surface area contributed by atoms with Gasteiger partial charge in [-0.3, -0.25) is 9.59 Å². The van der Waals surface area contributed by atoms with Gasteiger partial charge in [-0.1, -0.05) is 38.1 Å². The molecule has 0 unspecified atom stereocenters. The molecule has 5 heteroatoms. The number of hydrogen-bond acceptors (Lipinski definition) is 3. The van der Waals surface area contributed by atoms with Gasteiger partial charge in [0.2, 0.25) is 5.91 Å². The van der Waals surface area contributed by atoms with Crippen LogP contribution in [0.25, 0.3) is 0 Å². The first-order chi connectivity index (χ1) is 11.5. The van der Waals surface area contributed by atoms with Gasteiger partial charge in [0, 0.05) is 5.69 Å². The van der Waals surface area contributed by atoms with Crippen molar-refractivity contribution in [1.82, 2.24) is 0 Å². The first kappa shape index (κ1) is 16.1. The Morgan fingerprint density at radius 1 is 1.17 bits per heavy atom. The summed E-state index contributed by atoms with van der Waals surface area (Å²) in [4.78, 5) is 24.2. The number of rotatable bonds is 4. The second-order valence-electron chi connectivity index (χ2n) is 6.12. The number of hydrogen-bond donors (Lipinski definition) is 2. The van der Waals surface area contributed by atoms with Crippen LogP contribution in [0.2, 0.25) is 0 Å². The molecule has 1 atom stereocenters. The van der Waals surface area contributed by atoms with Gasteiger partial charge in [0.05, 0.1) is 12.1 Å². The van der Waals surface area contributed by atoms with Gasteiger partial charge < -0.3 is 15.4 Å². The minimum absolute atomic E-state index is 0.0356. The van der Waals surface area contributed by atoms with Crippen molar-refractivity contribution in [3.05, 3.63) is 54.1 Å². The number of carbonyl (C=O) groups is 2. The summed E-state index contributed by atoms with van der Waals surface area (Å²) in [7, 11) is 0. The highest BCUT2D eigenvalue weighted by molar-refractivity contribution is 6.01. The lowest BCUT2D eigenvalue weighted by Gasteiger charge is -2.25. The zero-order valence-electron chi connectivity index (χ0n) is 13.7. The molecule has 1 aliphatic heterocycles. The third-order valence-corrected chi connectivity index (χ3v) is 3.94. The molecule has 1 aliphatic rings. The Bertz CT molecular complexity index is 753. The van der Waals surface area contributed by atoms with E-state index >= 15 is 0 Å². The summed E-state index contributed by atoms with van der Waals surface area (Å²) < 4.78 is 5.63. The number of anilines is 2. The Labute approximate surface area is 141 Å². The Morgan fingerprint density at radius 2 is 1.88 bits per heavy atom. The maximum Gasteiger partial charge on any atom is 0.266 e. The number of amides is 2. The molecule has 0 saturated heterocycles. The minimum atomic E-state index is -0.824. The summed E-state index contributed by atoms with van der Waals surface area (Å²) in [6.45, 7) is 4.23. The average Bonchev–Trinajstić information content (AvgIpc) is 2.56. The van der Waals surface area contributed by atoms with Crippen molar-refractivity contribution in [2.24, 2.45) is 0 Å². The average molecular weight is 324 g/mol. The number of ether oxygens (including phenoxy) is 1. The summed E-state index contributed by atoms with van der Waals surface area (Å²) in [5.41, 5.74) is 2.55. The topological polar surface area (TPSA) is 67.4 Å². The molecule has 5 nitrogen and oxygen atoms in total. The van der Waals surface area contributed by atoms with E-state index in [1.807, 2.05) is 36.4 Å². The molecule has 2 N–H and O–H groups in total. The highest BCUT2D eigenvalue weighted by Crippen LogP contribution is 2.29. The van der Waals surface area contributed by atoms with Crippen LogP contribution < -0.4 is 15.4 Å². The molecule has 0 fully saturated rings. The number of nitrogens with one attached hydrogen (secondary N) is 2. The second-order valence-corrected chi connectivity index (χ2v) is 6.12. The van der Waals surface area contributed by atoms with Crippen LogP contribution in [0.4, 0.5) is 11.4 Å². The van der Waals surface area contributed by atoms with Crippen LogP contribution in [0.15, 0.2) is 48.5 Å². The highest BCUT2D eigenvalue weighted by Gasteiger charge is 2.29. The zero-order chi connectivity index (χ0) is 17.1. The monoisotopic (exact) mass is 324 g/mol. The van der Waals surface area contributed by atoms with Crippen LogP contribution in [0, 0.1) is 0 Å². The highest BCUT2D eigenvalue weighted by atomic mass is 16.5. The molecule has 2 aromatic rings. The lowest BCUT2D eigenvalue weighted by molar-refractivity contribution is -0.128. The van der Waals surface area contributed by atoms with Gasteiger partial charge in [-0.25, -0.2) is 0 Å². The molecule has 0 aliphatic carbocycles. The predicted molar refractivity (Wildman–Crippen MR) is 93.3 cm³/mol. The molecule has 2 amide bonds. The van der Waals surface area contributed by atoms with Gasteiger partial charge in [0.15, 0.2) is 6.10 Å². The summed E-state index contributed by atoms with van der Waals surface area (Å²) in [6.07, 6.45) is -0.860. The normalized spacial score (nSPS) is 16.1. The van der Waals surface area contributed by atoms with E-state index in [9.17, 15) is 9.59 Å². The number of para-hydroxylation sites is 2. The fourth-order valence-electron chi connectivity index (χ4n) is 2.56. The van der Waals surface area contributed by atoms with Gasteiger partial charge in [-0.05, 0) is 35.7 Å². The summed E-state index contributed by atoms with van der Waals surface area (Å²) in [6, 6.07) is 14.9. The maximum atomic E-state index is 12.2. The van der Waals surface area contributed by atoms with E-state index in [2.05, 4.69) is 24.5 Å². The summed E-state index contributed by atoms with van der Waals surface area (Å²) in [5.74, 6) is 0.455. The van der Waals surface area contributed by atoms with E-state index in [4.69, 9.17) is 4.74 Å². The number of fused-ring (bicyclic) bond motifs is 1. The van der Waals surface area contributed by atoms with Crippen LogP contribution in [0.1, 0.15) is 31.7 Å². The molecule has 0 aromatic heterocycles. The first-order valence-electron chi connectivity index (χ1n) is 7.99. The van der Waals surface area contributed by atoms with Crippen molar-refractivity contribution in [1.29, 1.82) is 0 Å². The van der Waals surface area contributed by atoms with Gasteiger partial charge in [0.1, 0.15) is 5.75 Å². The Balaban J connectivity index is 1.62. The maximum absolute atomic E-state index is 12.2. The van der Waals surface area contributed by atoms with Crippen molar-refractivity contribution in [3.63, 3.8) is 0 Å². The van der Waals surface area contributed by atoms with Crippen molar-refractivity contribution < 1.29 is 14.3 Å². The van der Waals surface area contributed by atoms with E-state index in [-0.39, 0.29) is 18.2 Å². The molecule has 0 bridgehead atoms. The summed E-state index contributed by atoms with van der Waals surface area (Å²) >= 11 is 0. The van der Waals surface area contributed by atoms with E-state index < -0.39 is 6.10 Å². The van der Waals surface area contributed by atoms with E-state index in [0.717, 1.165) is 0 Å². The third-order valence-electron chi connectivity index (χ3n) is 3.94. The quantitative estimate of drug-likeness (QED) is 0.904. The molecule has 0 saturated carbocycles. The first-order valence-corrected chi connectivity index (χ1v) is 7.99. The Morgan fingerprint density at radius 3 is 2.58 bits per heavy atom. The van der Waals surface area contributed by atoms with Crippen LogP contribution in [0.3, 0.4) is 0 Å². The zero-order valence-corrected chi connectivity index (χ0v) is 13.7. The van der Waals surface area contributed by atoms with Crippen molar-refractivity contribution in [2.45, 2.75) is 32.3 Å². The predicted octanol–water partition coefficient (Wildman–Crippen LogP) is 3.54. The molecule has 2 aromatic carbocycles. The molecular formula is C19H20N2O3. The largest absolute Gasteiger partial charge is 0.478 e. The molecular weight excluding hydrogens is 304 g/mol. The number of carbonyl (C=O) groups excluding carboxylic acids is 2. The molecule has 0 spiro atoms. The van der Waals surface area contributed by atoms with Crippen LogP contribution >= 0.6 is 0 Å². The Kier molecular flexibility index (Phi) is 4.51. The standard InChI is InChI=1S/C19H20N2O3/c1-12(2)13-7-9-14(10-8-13)20-18(22)11-17-19(23)21-15-5-3-4-6-16(15)24-17/h3-10,12,17H,11H2,1-2H3,(H,20,22)(H,21,23)/t17-/m0/s1. The smallest absolute Gasteiger partial charge is 0.266 e. The van der Waals surface area contributed by atoms with E-state index in [1.54, 1.807) is 12.1 Å². The van der Waals surface area contributed by atoms with Gasteiger partial charge >= 0.3 is 0 Å². The molecule has 124 valence electrons. The molecule has 1 heterocycles. The third kappa shape index (κ3) is 3.56. The minimum Gasteiger partial charge on any atom is -0.478 e. The van der Waals surface area contributed by atoms with E-state index in [0.29, 0.717) is 23.0 Å². The molecule has 24 heavy (non-hydrogen) atoms. The molecule has 3 rings (SSSR count). The van der Waals surface area contributed by atoms with E-state index in [1.165, 1.54) is 5.56 Å². The fraction of sp³-hybridized carbons (Fsp3) is 0.263. The van der Waals surface area contributed by atoms with Crippen LogP contribution in [-0.4, -0.2) is 17.9 Å². The fourth-order valence-corrected chi connectivity index (χ4v) is 2.56. The van der Waals surface area contributed by atoms with Crippen molar-refractivity contribution in [3.8, 4) is 5.75 Å². The number of benzene rings is 2. The lowest BCUT2D eigenvalue weighted by Crippen LogP contribution is -2.39. The van der Waals surface area contributed by atoms with Crippen LogP contribution in [0.5, 0.6) is 5.75 Å². The Hall–Kier alpha value is -2.82. The van der Waals surface area contributed by atoms with Crippen molar-refractivity contribution in [2.75, 3.05) is 10.6 Å². The lowest BCUT2D eigenvalue weighted by atomic mass is 10.0. The SMILES string of the molecule is CC(C)c1ccc(NC(=O)C[C@@H]2Oc3ccccc3NC2=O)cc1. The molecule has 0 radical (unpaired) electrons. The van der Waals surface area contributed by atoms with Gasteiger partial charge in [-0.2, -0.15) is 0 Å².